The fourth-order valence-corrected chi connectivity index (χ4v) is 4.01. The Labute approximate surface area is 145 Å². The van der Waals surface area contributed by atoms with Gasteiger partial charge in [0.2, 0.25) is 11.8 Å². The summed E-state index contributed by atoms with van der Waals surface area (Å²) in [5.74, 6) is -0.0208. The third-order valence-corrected chi connectivity index (χ3v) is 5.28. The Kier molecular flexibility index (Phi) is 5.30. The fourth-order valence-electron chi connectivity index (χ4n) is 3.23. The first-order valence-electron chi connectivity index (χ1n) is 8.21. The minimum atomic E-state index is -0.249. The number of carbonyl (C=O) groups excluding carboxylic acids is 2. The predicted octanol–water partition coefficient (Wildman–Crippen LogP) is 2.20. The molecule has 2 aromatic rings. The van der Waals surface area contributed by atoms with E-state index in [9.17, 15) is 9.59 Å². The third-order valence-electron chi connectivity index (χ3n) is 4.30. The molecular formula is C17H22N4O2S. The molecule has 0 bridgehead atoms. The summed E-state index contributed by atoms with van der Waals surface area (Å²) < 4.78 is 1.88. The van der Waals surface area contributed by atoms with Crippen LogP contribution in [0.4, 0.5) is 0 Å². The normalized spacial score (nSPS) is 18.5. The summed E-state index contributed by atoms with van der Waals surface area (Å²) in [6.07, 6.45) is 5.99. The van der Waals surface area contributed by atoms with Crippen molar-refractivity contribution in [2.45, 2.75) is 44.8 Å². The Morgan fingerprint density at radius 2 is 2.33 bits per heavy atom. The maximum atomic E-state index is 12.8. The molecular weight excluding hydrogens is 324 g/mol. The van der Waals surface area contributed by atoms with Gasteiger partial charge in [-0.15, -0.1) is 11.3 Å². The number of nitrogens with zero attached hydrogens (tertiary/aromatic N) is 3. The topological polar surface area (TPSA) is 67.2 Å². The van der Waals surface area contributed by atoms with E-state index in [1.165, 1.54) is 6.92 Å². The molecule has 0 aromatic carbocycles. The molecule has 0 saturated carbocycles. The number of likely N-dealkylation sites (tertiary alicyclic amines) is 1. The van der Waals surface area contributed by atoms with Crippen LogP contribution in [0.5, 0.6) is 0 Å². The van der Waals surface area contributed by atoms with Crippen LogP contribution in [0.2, 0.25) is 0 Å². The van der Waals surface area contributed by atoms with E-state index >= 15 is 0 Å². The van der Waals surface area contributed by atoms with Crippen LogP contribution in [-0.2, 0) is 16.1 Å². The van der Waals surface area contributed by atoms with Crippen molar-refractivity contribution in [1.29, 1.82) is 0 Å². The lowest BCUT2D eigenvalue weighted by Gasteiger charge is -2.27. The van der Waals surface area contributed by atoms with Crippen molar-refractivity contribution in [3.8, 4) is 0 Å². The molecule has 24 heavy (non-hydrogen) atoms. The zero-order chi connectivity index (χ0) is 16.9. The minimum absolute atomic E-state index is 0.0943. The maximum Gasteiger partial charge on any atom is 0.225 e. The molecule has 2 atom stereocenters. The van der Waals surface area contributed by atoms with E-state index < -0.39 is 0 Å². The van der Waals surface area contributed by atoms with Crippen molar-refractivity contribution in [2.24, 2.45) is 0 Å². The summed E-state index contributed by atoms with van der Waals surface area (Å²) in [6, 6.07) is 5.73. The molecule has 0 spiro atoms. The van der Waals surface area contributed by atoms with E-state index in [2.05, 4.69) is 10.4 Å². The number of rotatable bonds is 6. The van der Waals surface area contributed by atoms with Gasteiger partial charge >= 0.3 is 0 Å². The van der Waals surface area contributed by atoms with E-state index in [0.29, 0.717) is 6.42 Å². The molecule has 3 rings (SSSR count). The van der Waals surface area contributed by atoms with Crippen LogP contribution in [0.1, 0.15) is 37.1 Å². The van der Waals surface area contributed by atoms with Crippen LogP contribution < -0.4 is 5.32 Å². The summed E-state index contributed by atoms with van der Waals surface area (Å²) in [6.45, 7) is 2.99. The monoisotopic (exact) mass is 346 g/mol. The first kappa shape index (κ1) is 16.7. The first-order chi connectivity index (χ1) is 11.6. The minimum Gasteiger partial charge on any atom is -0.348 e. The van der Waals surface area contributed by atoms with Crippen LogP contribution in [-0.4, -0.2) is 39.1 Å². The molecule has 0 aliphatic carbocycles. The molecule has 128 valence electrons. The number of aromatic nitrogens is 2. The van der Waals surface area contributed by atoms with Crippen LogP contribution >= 0.6 is 11.3 Å². The lowest BCUT2D eigenvalue weighted by Crippen LogP contribution is -2.40. The largest absolute Gasteiger partial charge is 0.348 e. The van der Waals surface area contributed by atoms with Crippen molar-refractivity contribution in [1.82, 2.24) is 20.0 Å². The van der Waals surface area contributed by atoms with Crippen molar-refractivity contribution >= 4 is 23.2 Å². The van der Waals surface area contributed by atoms with Gasteiger partial charge in [0.15, 0.2) is 0 Å². The first-order valence-corrected chi connectivity index (χ1v) is 9.09. The highest BCUT2D eigenvalue weighted by Crippen LogP contribution is 2.26. The smallest absolute Gasteiger partial charge is 0.225 e. The molecule has 2 amide bonds. The lowest BCUT2D eigenvalue weighted by atomic mass is 10.1. The van der Waals surface area contributed by atoms with E-state index in [4.69, 9.17) is 0 Å². The van der Waals surface area contributed by atoms with Crippen LogP contribution in [0.3, 0.4) is 0 Å². The van der Waals surface area contributed by atoms with Crippen LogP contribution in [0.15, 0.2) is 36.0 Å². The summed E-state index contributed by atoms with van der Waals surface area (Å²) >= 11 is 1.56. The van der Waals surface area contributed by atoms with Gasteiger partial charge in [0.1, 0.15) is 0 Å². The Hall–Kier alpha value is -2.15. The zero-order valence-electron chi connectivity index (χ0n) is 13.7. The summed E-state index contributed by atoms with van der Waals surface area (Å²) in [7, 11) is 0. The van der Waals surface area contributed by atoms with E-state index in [1.807, 2.05) is 39.4 Å². The molecule has 0 radical (unpaired) electrons. The highest BCUT2D eigenvalue weighted by atomic mass is 32.1. The van der Waals surface area contributed by atoms with Crippen molar-refractivity contribution < 1.29 is 9.59 Å². The summed E-state index contributed by atoms with van der Waals surface area (Å²) in [5.41, 5.74) is 0. The van der Waals surface area contributed by atoms with E-state index in [1.54, 1.807) is 17.5 Å². The highest BCUT2D eigenvalue weighted by molar-refractivity contribution is 7.10. The van der Waals surface area contributed by atoms with Crippen LogP contribution in [0, 0.1) is 0 Å². The van der Waals surface area contributed by atoms with E-state index in [-0.39, 0.29) is 23.9 Å². The molecule has 7 heteroatoms. The average molecular weight is 346 g/mol. The molecule has 0 unspecified atom stereocenters. The molecule has 1 aliphatic rings. The standard InChI is InChI=1S/C17H22N4O2S/c1-13(22)19-15(16-6-3-10-24-16)11-17(23)21-9-2-5-14(21)12-20-8-4-7-18-20/h3-4,6-8,10,14-15H,2,5,9,11-12H2,1H3,(H,19,22)/t14-,15+/m1/s1. The number of amides is 2. The number of hydrogen-bond acceptors (Lipinski definition) is 4. The predicted molar refractivity (Wildman–Crippen MR) is 92.5 cm³/mol. The van der Waals surface area contributed by atoms with E-state index in [0.717, 1.165) is 30.8 Å². The maximum absolute atomic E-state index is 12.8. The van der Waals surface area contributed by atoms with Gasteiger partial charge in [0.05, 0.1) is 25.0 Å². The molecule has 6 nitrogen and oxygen atoms in total. The summed E-state index contributed by atoms with van der Waals surface area (Å²) in [5, 5.41) is 9.10. The molecule has 3 heterocycles. The Balaban J connectivity index is 1.66. The summed E-state index contributed by atoms with van der Waals surface area (Å²) in [4.78, 5) is 27.3. The third kappa shape index (κ3) is 4.03. The quantitative estimate of drug-likeness (QED) is 0.872. The van der Waals surface area contributed by atoms with Gasteiger partial charge in [0, 0.05) is 30.7 Å². The van der Waals surface area contributed by atoms with Gasteiger partial charge < -0.3 is 10.2 Å². The van der Waals surface area contributed by atoms with Crippen molar-refractivity contribution in [3.63, 3.8) is 0 Å². The van der Waals surface area contributed by atoms with Gasteiger partial charge in [-0.3, -0.25) is 14.3 Å². The SMILES string of the molecule is CC(=O)N[C@@H](CC(=O)N1CCC[C@@H]1Cn1cccn1)c1cccs1. The molecule has 1 aliphatic heterocycles. The fraction of sp³-hybridized carbons (Fsp3) is 0.471. The van der Waals surface area contributed by atoms with Gasteiger partial charge in [-0.2, -0.15) is 5.10 Å². The number of nitrogens with one attached hydrogen (secondary N) is 1. The van der Waals surface area contributed by atoms with Gasteiger partial charge in [0.25, 0.3) is 0 Å². The van der Waals surface area contributed by atoms with Crippen molar-refractivity contribution in [2.75, 3.05) is 6.54 Å². The molecule has 1 N–H and O–H groups in total. The Bertz CT molecular complexity index is 669. The van der Waals surface area contributed by atoms with Gasteiger partial charge in [-0.25, -0.2) is 0 Å². The number of carbonyl (C=O) groups is 2. The second-order valence-electron chi connectivity index (χ2n) is 6.08. The van der Waals surface area contributed by atoms with Crippen molar-refractivity contribution in [3.05, 3.63) is 40.8 Å². The Morgan fingerprint density at radius 3 is 3.00 bits per heavy atom. The number of thiophene rings is 1. The molecule has 1 fully saturated rings. The van der Waals surface area contributed by atoms with Gasteiger partial charge in [-0.1, -0.05) is 6.07 Å². The lowest BCUT2D eigenvalue weighted by molar-refractivity contribution is -0.133. The van der Waals surface area contributed by atoms with Gasteiger partial charge in [-0.05, 0) is 30.4 Å². The second kappa shape index (κ2) is 7.61. The average Bonchev–Trinajstić information content (AvgIpc) is 3.29. The second-order valence-corrected chi connectivity index (χ2v) is 7.06. The number of hydrogen-bond donors (Lipinski definition) is 1. The zero-order valence-corrected chi connectivity index (χ0v) is 14.5. The van der Waals surface area contributed by atoms with Crippen LogP contribution in [0.25, 0.3) is 0 Å². The Morgan fingerprint density at radius 1 is 1.46 bits per heavy atom. The molecule has 2 aromatic heterocycles. The highest BCUT2D eigenvalue weighted by Gasteiger charge is 2.31. The molecule has 1 saturated heterocycles.